The van der Waals surface area contributed by atoms with Crippen LogP contribution in [0, 0.1) is 11.3 Å². The molecule has 4 heteroatoms. The fraction of sp³-hybridized carbons (Fsp3) is 0.765. The quantitative estimate of drug-likeness (QED) is 0.800. The lowest BCUT2D eigenvalue weighted by Crippen LogP contribution is -2.46. The Morgan fingerprint density at radius 2 is 2.10 bits per heavy atom. The molecule has 1 aliphatic heterocycles. The summed E-state index contributed by atoms with van der Waals surface area (Å²) in [7, 11) is 2.18. The van der Waals surface area contributed by atoms with Crippen LogP contribution in [0.5, 0.6) is 0 Å². The lowest BCUT2D eigenvalue weighted by Gasteiger charge is -2.40. The Bertz CT molecular complexity index is 384. The highest BCUT2D eigenvalue weighted by molar-refractivity contribution is 4.98. The van der Waals surface area contributed by atoms with Crippen molar-refractivity contribution in [2.24, 2.45) is 11.3 Å². The van der Waals surface area contributed by atoms with Gasteiger partial charge < -0.3 is 14.5 Å². The lowest BCUT2D eigenvalue weighted by molar-refractivity contribution is -0.00256. The highest BCUT2D eigenvalue weighted by Crippen LogP contribution is 2.31. The summed E-state index contributed by atoms with van der Waals surface area (Å²) >= 11 is 0. The molecule has 4 nitrogen and oxygen atoms in total. The summed E-state index contributed by atoms with van der Waals surface area (Å²) in [6.45, 7) is 10.4. The first-order chi connectivity index (χ1) is 10.1. The number of nitrogens with zero attached hydrogens (tertiary/aromatic N) is 1. The van der Waals surface area contributed by atoms with Crippen molar-refractivity contribution >= 4 is 0 Å². The SMILES string of the molecule is CC(C)CNCC1(CN(C)Cc2ccco2)CCOCC1. The Balaban J connectivity index is 1.88. The fourth-order valence-corrected chi connectivity index (χ4v) is 3.12. The van der Waals surface area contributed by atoms with E-state index in [4.69, 9.17) is 9.15 Å². The predicted octanol–water partition coefficient (Wildman–Crippen LogP) is 2.75. The maximum atomic E-state index is 5.57. The maximum absolute atomic E-state index is 5.57. The number of hydrogen-bond donors (Lipinski definition) is 1. The summed E-state index contributed by atoms with van der Waals surface area (Å²) in [4.78, 5) is 2.38. The van der Waals surface area contributed by atoms with E-state index in [9.17, 15) is 0 Å². The second kappa shape index (κ2) is 7.97. The monoisotopic (exact) mass is 294 g/mol. The summed E-state index contributed by atoms with van der Waals surface area (Å²) in [5.41, 5.74) is 0.328. The van der Waals surface area contributed by atoms with Gasteiger partial charge in [0.05, 0.1) is 12.8 Å². The molecule has 120 valence electrons. The topological polar surface area (TPSA) is 37.6 Å². The van der Waals surface area contributed by atoms with Crippen LogP contribution >= 0.6 is 0 Å². The predicted molar refractivity (Wildman–Crippen MR) is 85.2 cm³/mol. The van der Waals surface area contributed by atoms with Crippen molar-refractivity contribution in [3.63, 3.8) is 0 Å². The van der Waals surface area contributed by atoms with Crippen molar-refractivity contribution in [1.29, 1.82) is 0 Å². The summed E-state index contributed by atoms with van der Waals surface area (Å²) in [6.07, 6.45) is 4.03. The van der Waals surface area contributed by atoms with Gasteiger partial charge in [-0.05, 0) is 49.9 Å². The molecule has 1 aromatic heterocycles. The molecule has 1 aromatic rings. The van der Waals surface area contributed by atoms with Crippen LogP contribution in [0.2, 0.25) is 0 Å². The fourth-order valence-electron chi connectivity index (χ4n) is 3.12. The van der Waals surface area contributed by atoms with E-state index in [1.165, 1.54) is 0 Å². The van der Waals surface area contributed by atoms with E-state index >= 15 is 0 Å². The Hall–Kier alpha value is -0.840. The molecule has 0 unspecified atom stereocenters. The molecular weight excluding hydrogens is 264 g/mol. The van der Waals surface area contributed by atoms with E-state index in [-0.39, 0.29) is 0 Å². The highest BCUT2D eigenvalue weighted by Gasteiger charge is 2.33. The third-order valence-electron chi connectivity index (χ3n) is 4.22. The molecule has 0 saturated carbocycles. The maximum Gasteiger partial charge on any atom is 0.117 e. The first-order valence-corrected chi connectivity index (χ1v) is 8.09. The molecule has 0 atom stereocenters. The molecule has 0 amide bonds. The van der Waals surface area contributed by atoms with Crippen molar-refractivity contribution in [2.75, 3.05) is 39.9 Å². The van der Waals surface area contributed by atoms with Crippen molar-refractivity contribution in [3.05, 3.63) is 24.2 Å². The van der Waals surface area contributed by atoms with Gasteiger partial charge >= 0.3 is 0 Å². The van der Waals surface area contributed by atoms with Gasteiger partial charge in [-0.25, -0.2) is 0 Å². The van der Waals surface area contributed by atoms with Crippen LogP contribution in [0.4, 0.5) is 0 Å². The van der Waals surface area contributed by atoms with Crippen LogP contribution in [0.15, 0.2) is 22.8 Å². The molecule has 1 saturated heterocycles. The first kappa shape index (κ1) is 16.5. The Morgan fingerprint density at radius 1 is 1.33 bits per heavy atom. The van der Waals surface area contributed by atoms with Crippen LogP contribution in [0.1, 0.15) is 32.4 Å². The van der Waals surface area contributed by atoms with Crippen LogP contribution in [0.3, 0.4) is 0 Å². The van der Waals surface area contributed by atoms with Crippen LogP contribution < -0.4 is 5.32 Å². The normalized spacial score (nSPS) is 18.5. The third kappa shape index (κ3) is 5.46. The van der Waals surface area contributed by atoms with Gasteiger partial charge in [0.1, 0.15) is 5.76 Å². The number of nitrogens with one attached hydrogen (secondary N) is 1. The minimum atomic E-state index is 0.328. The molecule has 1 aliphatic rings. The van der Waals surface area contributed by atoms with E-state index in [1.54, 1.807) is 6.26 Å². The zero-order valence-electron chi connectivity index (χ0n) is 13.7. The summed E-state index contributed by atoms with van der Waals surface area (Å²) < 4.78 is 11.0. The second-order valence-corrected chi connectivity index (χ2v) is 6.89. The first-order valence-electron chi connectivity index (χ1n) is 8.09. The van der Waals surface area contributed by atoms with Crippen molar-refractivity contribution < 1.29 is 9.15 Å². The molecule has 2 rings (SSSR count). The zero-order valence-corrected chi connectivity index (χ0v) is 13.7. The molecular formula is C17H30N2O2. The van der Waals surface area contributed by atoms with Crippen LogP contribution in [-0.2, 0) is 11.3 Å². The molecule has 0 radical (unpaired) electrons. The van der Waals surface area contributed by atoms with Crippen molar-refractivity contribution in [2.45, 2.75) is 33.2 Å². The summed E-state index contributed by atoms with van der Waals surface area (Å²) in [5.74, 6) is 1.73. The van der Waals surface area contributed by atoms with Gasteiger partial charge in [0, 0.05) is 26.3 Å². The number of rotatable bonds is 8. The molecule has 21 heavy (non-hydrogen) atoms. The average Bonchev–Trinajstić information content (AvgIpc) is 2.91. The summed E-state index contributed by atoms with van der Waals surface area (Å²) in [6, 6.07) is 4.00. The number of hydrogen-bond acceptors (Lipinski definition) is 4. The van der Waals surface area contributed by atoms with Gasteiger partial charge in [0.25, 0.3) is 0 Å². The molecule has 0 bridgehead atoms. The zero-order chi connectivity index (χ0) is 15.1. The van der Waals surface area contributed by atoms with Crippen LogP contribution in [-0.4, -0.2) is 44.8 Å². The van der Waals surface area contributed by atoms with Gasteiger partial charge in [-0.15, -0.1) is 0 Å². The van der Waals surface area contributed by atoms with E-state index in [2.05, 4.69) is 31.1 Å². The smallest absolute Gasteiger partial charge is 0.117 e. The Labute approximate surface area is 128 Å². The largest absolute Gasteiger partial charge is 0.468 e. The average molecular weight is 294 g/mol. The Morgan fingerprint density at radius 3 is 2.71 bits per heavy atom. The minimum absolute atomic E-state index is 0.328. The summed E-state index contributed by atoms with van der Waals surface area (Å²) in [5, 5.41) is 3.65. The molecule has 0 aliphatic carbocycles. The van der Waals surface area contributed by atoms with E-state index in [0.29, 0.717) is 11.3 Å². The molecule has 0 aromatic carbocycles. The van der Waals surface area contributed by atoms with Gasteiger partial charge in [-0.1, -0.05) is 13.8 Å². The van der Waals surface area contributed by atoms with E-state index < -0.39 is 0 Å². The van der Waals surface area contributed by atoms with Crippen molar-refractivity contribution in [3.8, 4) is 0 Å². The van der Waals surface area contributed by atoms with Gasteiger partial charge in [0.15, 0.2) is 0 Å². The second-order valence-electron chi connectivity index (χ2n) is 6.89. The number of furan rings is 1. The van der Waals surface area contributed by atoms with Crippen LogP contribution in [0.25, 0.3) is 0 Å². The number of ether oxygens (including phenoxy) is 1. The van der Waals surface area contributed by atoms with Gasteiger partial charge in [-0.2, -0.15) is 0 Å². The minimum Gasteiger partial charge on any atom is -0.468 e. The molecule has 2 heterocycles. The molecule has 1 N–H and O–H groups in total. The highest BCUT2D eigenvalue weighted by atomic mass is 16.5. The lowest BCUT2D eigenvalue weighted by atomic mass is 9.79. The molecule has 1 fully saturated rings. The van der Waals surface area contributed by atoms with E-state index in [0.717, 1.165) is 58.0 Å². The molecule has 0 spiro atoms. The van der Waals surface area contributed by atoms with Crippen molar-refractivity contribution in [1.82, 2.24) is 10.2 Å². The van der Waals surface area contributed by atoms with E-state index in [1.807, 2.05) is 12.1 Å². The Kier molecular flexibility index (Phi) is 6.27. The third-order valence-corrected chi connectivity index (χ3v) is 4.22. The van der Waals surface area contributed by atoms with Gasteiger partial charge in [-0.3, -0.25) is 4.90 Å². The standard InChI is InChI=1S/C17H30N2O2/c1-15(2)11-18-13-17(6-9-20-10-7-17)14-19(3)12-16-5-4-8-21-16/h4-5,8,15,18H,6-7,9-14H2,1-3H3. The van der Waals surface area contributed by atoms with Gasteiger partial charge in [0.2, 0.25) is 0 Å².